The molecule has 1 aromatic heterocycles. The molecule has 2 aliphatic heterocycles. The van der Waals surface area contributed by atoms with E-state index in [9.17, 15) is 9.59 Å². The summed E-state index contributed by atoms with van der Waals surface area (Å²) < 4.78 is 5.87. The lowest BCUT2D eigenvalue weighted by molar-refractivity contribution is -0.138. The summed E-state index contributed by atoms with van der Waals surface area (Å²) in [7, 11) is 0. The van der Waals surface area contributed by atoms with Gasteiger partial charge in [0.15, 0.2) is 5.58 Å². The molecular formula is C22H31N5O3. The van der Waals surface area contributed by atoms with Gasteiger partial charge in [0.1, 0.15) is 5.52 Å². The number of rotatable bonds is 5. The van der Waals surface area contributed by atoms with Crippen LogP contribution >= 0.6 is 0 Å². The van der Waals surface area contributed by atoms with E-state index >= 15 is 0 Å². The second-order valence-electron chi connectivity index (χ2n) is 8.55. The lowest BCUT2D eigenvalue weighted by Crippen LogP contribution is -2.53. The van der Waals surface area contributed by atoms with E-state index < -0.39 is 0 Å². The zero-order valence-corrected chi connectivity index (χ0v) is 17.8. The summed E-state index contributed by atoms with van der Waals surface area (Å²) in [6, 6.07) is 8.57. The highest BCUT2D eigenvalue weighted by molar-refractivity contribution is 5.80. The number of hydrogen-bond donors (Lipinski definition) is 1. The number of aromatic nitrogens is 1. The number of amides is 2. The minimum atomic E-state index is 0.0522. The molecule has 3 heterocycles. The summed E-state index contributed by atoms with van der Waals surface area (Å²) in [6.45, 7) is 8.77. The third kappa shape index (κ3) is 4.75. The molecule has 2 aliphatic rings. The van der Waals surface area contributed by atoms with Crippen molar-refractivity contribution in [2.75, 3.05) is 50.7 Å². The van der Waals surface area contributed by atoms with Gasteiger partial charge in [-0.3, -0.25) is 14.5 Å². The maximum atomic E-state index is 13.0. The van der Waals surface area contributed by atoms with E-state index in [1.807, 2.05) is 43.0 Å². The number of carbonyl (C=O) groups excluding carboxylic acids is 2. The Morgan fingerprint density at radius 2 is 1.80 bits per heavy atom. The van der Waals surface area contributed by atoms with Crippen LogP contribution in [0.2, 0.25) is 0 Å². The highest BCUT2D eigenvalue weighted by Gasteiger charge is 2.31. The molecule has 30 heavy (non-hydrogen) atoms. The number of piperidine rings is 1. The van der Waals surface area contributed by atoms with Crippen LogP contribution in [0.4, 0.5) is 6.01 Å². The third-order valence-corrected chi connectivity index (χ3v) is 5.90. The van der Waals surface area contributed by atoms with E-state index in [2.05, 4.69) is 20.1 Å². The predicted molar refractivity (Wildman–Crippen MR) is 115 cm³/mol. The molecule has 8 nitrogen and oxygen atoms in total. The van der Waals surface area contributed by atoms with Crippen molar-refractivity contribution in [3.8, 4) is 0 Å². The molecule has 1 N–H and O–H groups in total. The van der Waals surface area contributed by atoms with Crippen molar-refractivity contribution >= 4 is 28.9 Å². The molecule has 2 saturated heterocycles. The first-order chi connectivity index (χ1) is 14.5. The number of benzene rings is 1. The van der Waals surface area contributed by atoms with E-state index in [0.29, 0.717) is 25.6 Å². The maximum absolute atomic E-state index is 13.0. The summed E-state index contributed by atoms with van der Waals surface area (Å²) in [5.41, 5.74) is 1.66. The molecule has 4 rings (SSSR count). The van der Waals surface area contributed by atoms with Crippen LogP contribution in [0.1, 0.15) is 26.7 Å². The largest absolute Gasteiger partial charge is 0.423 e. The molecular weight excluding hydrogens is 382 g/mol. The van der Waals surface area contributed by atoms with Gasteiger partial charge in [-0.25, -0.2) is 0 Å². The van der Waals surface area contributed by atoms with Crippen molar-refractivity contribution in [2.24, 2.45) is 5.92 Å². The average molecular weight is 414 g/mol. The van der Waals surface area contributed by atoms with Gasteiger partial charge in [-0.2, -0.15) is 4.98 Å². The van der Waals surface area contributed by atoms with E-state index in [1.54, 1.807) is 0 Å². The number of fused-ring (bicyclic) bond motifs is 1. The first-order valence-corrected chi connectivity index (χ1v) is 10.9. The Morgan fingerprint density at radius 1 is 1.10 bits per heavy atom. The van der Waals surface area contributed by atoms with Crippen LogP contribution in [0.3, 0.4) is 0 Å². The van der Waals surface area contributed by atoms with E-state index in [-0.39, 0.29) is 23.8 Å². The number of nitrogens with zero attached hydrogens (tertiary/aromatic N) is 4. The number of oxazole rings is 1. The van der Waals surface area contributed by atoms with Gasteiger partial charge in [-0.1, -0.05) is 12.1 Å². The number of hydrogen-bond acceptors (Lipinski definition) is 6. The van der Waals surface area contributed by atoms with Crippen molar-refractivity contribution in [3.05, 3.63) is 24.3 Å². The van der Waals surface area contributed by atoms with Gasteiger partial charge in [0.2, 0.25) is 11.8 Å². The Labute approximate surface area is 177 Å². The fraction of sp³-hybridized carbons (Fsp3) is 0.591. The quantitative estimate of drug-likeness (QED) is 0.804. The summed E-state index contributed by atoms with van der Waals surface area (Å²) >= 11 is 0. The molecule has 2 aromatic rings. The second-order valence-corrected chi connectivity index (χ2v) is 8.55. The predicted octanol–water partition coefficient (Wildman–Crippen LogP) is 1.71. The molecule has 1 aromatic carbocycles. The Morgan fingerprint density at radius 3 is 2.47 bits per heavy atom. The third-order valence-electron chi connectivity index (χ3n) is 5.90. The molecule has 0 unspecified atom stereocenters. The Bertz CT molecular complexity index is 847. The second kappa shape index (κ2) is 9.04. The van der Waals surface area contributed by atoms with E-state index in [0.717, 1.165) is 50.1 Å². The summed E-state index contributed by atoms with van der Waals surface area (Å²) in [5.74, 6) is 0.358. The van der Waals surface area contributed by atoms with Gasteiger partial charge >= 0.3 is 0 Å². The Kier molecular flexibility index (Phi) is 6.22. The molecule has 2 amide bonds. The molecule has 0 radical (unpaired) electrons. The maximum Gasteiger partial charge on any atom is 0.298 e. The van der Waals surface area contributed by atoms with Crippen molar-refractivity contribution in [1.29, 1.82) is 0 Å². The molecule has 0 aliphatic carbocycles. The SMILES string of the molecule is CC(C)NC(=O)CN1CCN(C(=O)C2CCN(c3nc4ccccc4o3)CC2)CC1. The van der Waals surface area contributed by atoms with Crippen LogP contribution in [-0.4, -0.2) is 78.5 Å². The summed E-state index contributed by atoms with van der Waals surface area (Å²) in [4.78, 5) is 35.7. The monoisotopic (exact) mass is 413 g/mol. The van der Waals surface area contributed by atoms with Crippen molar-refractivity contribution in [2.45, 2.75) is 32.7 Å². The van der Waals surface area contributed by atoms with Crippen LogP contribution < -0.4 is 10.2 Å². The molecule has 8 heteroatoms. The highest BCUT2D eigenvalue weighted by Crippen LogP contribution is 2.27. The van der Waals surface area contributed by atoms with Crippen LogP contribution in [-0.2, 0) is 9.59 Å². The Hall–Kier alpha value is -2.61. The minimum Gasteiger partial charge on any atom is -0.423 e. The topological polar surface area (TPSA) is 81.9 Å². The van der Waals surface area contributed by atoms with Crippen molar-refractivity contribution in [1.82, 2.24) is 20.1 Å². The number of carbonyl (C=O) groups is 2. The highest BCUT2D eigenvalue weighted by atomic mass is 16.4. The molecule has 0 saturated carbocycles. The molecule has 2 fully saturated rings. The number of anilines is 1. The van der Waals surface area contributed by atoms with Crippen molar-refractivity contribution < 1.29 is 14.0 Å². The van der Waals surface area contributed by atoms with Crippen LogP contribution in [0.25, 0.3) is 11.1 Å². The molecule has 162 valence electrons. The smallest absolute Gasteiger partial charge is 0.298 e. The fourth-order valence-electron chi connectivity index (χ4n) is 4.27. The first-order valence-electron chi connectivity index (χ1n) is 10.9. The van der Waals surface area contributed by atoms with E-state index in [4.69, 9.17) is 4.42 Å². The summed E-state index contributed by atoms with van der Waals surface area (Å²) in [6.07, 6.45) is 1.63. The van der Waals surface area contributed by atoms with Gasteiger partial charge in [-0.05, 0) is 38.8 Å². The standard InChI is InChI=1S/C22H31N5O3/c1-16(2)23-20(28)15-25-11-13-26(14-12-25)21(29)17-7-9-27(10-8-17)22-24-18-5-3-4-6-19(18)30-22/h3-6,16-17H,7-15H2,1-2H3,(H,23,28). The zero-order valence-electron chi connectivity index (χ0n) is 17.8. The molecule has 0 atom stereocenters. The normalized spacial score (nSPS) is 18.9. The molecule has 0 bridgehead atoms. The number of para-hydroxylation sites is 2. The Balaban J connectivity index is 1.24. The number of nitrogens with one attached hydrogen (secondary N) is 1. The molecule has 0 spiro atoms. The zero-order chi connectivity index (χ0) is 21.1. The fourth-order valence-corrected chi connectivity index (χ4v) is 4.27. The van der Waals surface area contributed by atoms with Gasteiger partial charge in [-0.15, -0.1) is 0 Å². The lowest BCUT2D eigenvalue weighted by Gasteiger charge is -2.38. The van der Waals surface area contributed by atoms with Gasteiger partial charge in [0, 0.05) is 51.2 Å². The average Bonchev–Trinajstić information content (AvgIpc) is 3.17. The minimum absolute atomic E-state index is 0.0522. The van der Waals surface area contributed by atoms with E-state index in [1.165, 1.54) is 0 Å². The van der Waals surface area contributed by atoms with Crippen LogP contribution in [0, 0.1) is 5.92 Å². The van der Waals surface area contributed by atoms with Gasteiger partial charge < -0.3 is 19.5 Å². The van der Waals surface area contributed by atoms with Gasteiger partial charge in [0.05, 0.1) is 6.54 Å². The van der Waals surface area contributed by atoms with Crippen LogP contribution in [0.5, 0.6) is 0 Å². The number of piperazine rings is 1. The van der Waals surface area contributed by atoms with Crippen LogP contribution in [0.15, 0.2) is 28.7 Å². The first kappa shape index (κ1) is 20.7. The summed E-state index contributed by atoms with van der Waals surface area (Å²) in [5, 5.41) is 2.92. The van der Waals surface area contributed by atoms with Crippen molar-refractivity contribution in [3.63, 3.8) is 0 Å². The van der Waals surface area contributed by atoms with Gasteiger partial charge in [0.25, 0.3) is 6.01 Å². The lowest BCUT2D eigenvalue weighted by atomic mass is 9.95.